The molecular formula is C18H20N2O. The Labute approximate surface area is 124 Å². The van der Waals surface area contributed by atoms with Crippen molar-refractivity contribution in [3.05, 3.63) is 66.0 Å². The molecular weight excluding hydrogens is 260 g/mol. The number of hydrogen-bond donors (Lipinski definition) is 1. The van der Waals surface area contributed by atoms with E-state index in [2.05, 4.69) is 15.6 Å². The fourth-order valence-electron chi connectivity index (χ4n) is 2.79. The zero-order chi connectivity index (χ0) is 14.9. The Morgan fingerprint density at radius 3 is 2.38 bits per heavy atom. The van der Waals surface area contributed by atoms with Crippen molar-refractivity contribution in [1.29, 1.82) is 0 Å². The molecule has 0 spiro atoms. The van der Waals surface area contributed by atoms with E-state index >= 15 is 0 Å². The van der Waals surface area contributed by atoms with E-state index in [1.165, 1.54) is 0 Å². The normalized spacial score (nSPS) is 14.2. The summed E-state index contributed by atoms with van der Waals surface area (Å²) in [5.41, 5.74) is 2.14. The van der Waals surface area contributed by atoms with E-state index in [-0.39, 0.29) is 0 Å². The highest BCUT2D eigenvalue weighted by Crippen LogP contribution is 2.29. The Morgan fingerprint density at radius 2 is 1.71 bits per heavy atom. The van der Waals surface area contributed by atoms with Crippen molar-refractivity contribution >= 4 is 11.0 Å². The third-order valence-electron chi connectivity index (χ3n) is 4.23. The van der Waals surface area contributed by atoms with Gasteiger partial charge in [-0.1, -0.05) is 49.4 Å². The molecule has 0 radical (unpaired) electrons. The lowest BCUT2D eigenvalue weighted by Crippen LogP contribution is -2.29. The molecule has 0 amide bonds. The number of benzene rings is 2. The first-order valence-electron chi connectivity index (χ1n) is 7.32. The van der Waals surface area contributed by atoms with Crippen molar-refractivity contribution in [1.82, 2.24) is 9.55 Å². The second-order valence-corrected chi connectivity index (χ2v) is 5.50. The number of fused-ring (bicyclic) bond motifs is 1. The van der Waals surface area contributed by atoms with Crippen LogP contribution in [0.2, 0.25) is 0 Å². The minimum atomic E-state index is -0.879. The van der Waals surface area contributed by atoms with E-state index in [9.17, 15) is 5.11 Å². The molecule has 0 saturated heterocycles. The van der Waals surface area contributed by atoms with Crippen molar-refractivity contribution in [3.8, 4) is 0 Å². The number of para-hydroxylation sites is 2. The molecule has 3 nitrogen and oxygen atoms in total. The van der Waals surface area contributed by atoms with Crippen LogP contribution in [-0.4, -0.2) is 14.7 Å². The molecule has 108 valence electrons. The number of nitrogens with zero attached hydrogens (tertiary/aromatic N) is 2. The third-order valence-corrected chi connectivity index (χ3v) is 4.23. The summed E-state index contributed by atoms with van der Waals surface area (Å²) in [6, 6.07) is 17.9. The summed E-state index contributed by atoms with van der Waals surface area (Å²) in [4.78, 5) is 4.67. The van der Waals surface area contributed by atoms with Gasteiger partial charge in [0.25, 0.3) is 0 Å². The molecule has 0 bridgehead atoms. The molecule has 1 N–H and O–H groups in total. The predicted octanol–water partition coefficient (Wildman–Crippen LogP) is 3.41. The fraction of sp³-hybridized carbons (Fsp3) is 0.278. The number of aromatic nitrogens is 2. The van der Waals surface area contributed by atoms with Crippen molar-refractivity contribution in [2.45, 2.75) is 25.4 Å². The Kier molecular flexibility index (Phi) is 3.52. The summed E-state index contributed by atoms with van der Waals surface area (Å²) in [5, 5.41) is 11.0. The quantitative estimate of drug-likeness (QED) is 0.795. The second kappa shape index (κ2) is 5.34. The van der Waals surface area contributed by atoms with Gasteiger partial charge in [-0.3, -0.25) is 0 Å². The zero-order valence-corrected chi connectivity index (χ0v) is 12.5. The van der Waals surface area contributed by atoms with Crippen molar-refractivity contribution in [3.63, 3.8) is 0 Å². The molecule has 1 aromatic heterocycles. The SMILES string of the molecule is CCC(O)(Cc1nc2ccccc2n1C)c1ccccc1. The summed E-state index contributed by atoms with van der Waals surface area (Å²) < 4.78 is 2.07. The van der Waals surface area contributed by atoms with Crippen LogP contribution in [0.1, 0.15) is 24.7 Å². The minimum Gasteiger partial charge on any atom is -0.385 e. The molecule has 0 aliphatic carbocycles. The smallest absolute Gasteiger partial charge is 0.112 e. The van der Waals surface area contributed by atoms with Gasteiger partial charge >= 0.3 is 0 Å². The average Bonchev–Trinajstić information content (AvgIpc) is 2.84. The number of hydrogen-bond acceptors (Lipinski definition) is 2. The Bertz CT molecular complexity index is 748. The third kappa shape index (κ3) is 2.45. The highest BCUT2D eigenvalue weighted by molar-refractivity contribution is 5.75. The van der Waals surface area contributed by atoms with Crippen molar-refractivity contribution in [2.75, 3.05) is 0 Å². The number of imidazole rings is 1. The van der Waals surface area contributed by atoms with Crippen LogP contribution in [0.3, 0.4) is 0 Å². The number of aliphatic hydroxyl groups is 1. The molecule has 3 heteroatoms. The lowest BCUT2D eigenvalue weighted by atomic mass is 9.87. The maximum Gasteiger partial charge on any atom is 0.112 e. The van der Waals surface area contributed by atoms with Crippen LogP contribution in [0.25, 0.3) is 11.0 Å². The first kappa shape index (κ1) is 13.8. The fourth-order valence-corrected chi connectivity index (χ4v) is 2.79. The molecule has 3 aromatic rings. The second-order valence-electron chi connectivity index (χ2n) is 5.50. The van der Waals surface area contributed by atoms with Gasteiger partial charge in [-0.05, 0) is 24.1 Å². The van der Waals surface area contributed by atoms with Crippen LogP contribution in [0.5, 0.6) is 0 Å². The van der Waals surface area contributed by atoms with Gasteiger partial charge in [0.15, 0.2) is 0 Å². The Balaban J connectivity index is 2.01. The first-order valence-corrected chi connectivity index (χ1v) is 7.32. The van der Waals surface area contributed by atoms with Crippen LogP contribution in [0.15, 0.2) is 54.6 Å². The average molecular weight is 280 g/mol. The largest absolute Gasteiger partial charge is 0.385 e. The lowest BCUT2D eigenvalue weighted by Gasteiger charge is -2.27. The van der Waals surface area contributed by atoms with E-state index in [4.69, 9.17) is 0 Å². The lowest BCUT2D eigenvalue weighted by molar-refractivity contribution is 0.0302. The highest BCUT2D eigenvalue weighted by Gasteiger charge is 2.29. The Hall–Kier alpha value is -2.13. The Morgan fingerprint density at radius 1 is 1.05 bits per heavy atom. The molecule has 0 aliphatic heterocycles. The molecule has 1 heterocycles. The van der Waals surface area contributed by atoms with Crippen LogP contribution >= 0.6 is 0 Å². The van der Waals surface area contributed by atoms with Gasteiger partial charge < -0.3 is 9.67 Å². The van der Waals surface area contributed by atoms with Crippen molar-refractivity contribution in [2.24, 2.45) is 7.05 Å². The number of aryl methyl sites for hydroxylation is 1. The van der Waals surface area contributed by atoms with E-state index in [0.29, 0.717) is 12.8 Å². The van der Waals surface area contributed by atoms with Gasteiger partial charge in [0.1, 0.15) is 5.82 Å². The topological polar surface area (TPSA) is 38.1 Å². The van der Waals surface area contributed by atoms with Gasteiger partial charge in [0, 0.05) is 13.5 Å². The van der Waals surface area contributed by atoms with Crippen LogP contribution in [-0.2, 0) is 19.1 Å². The number of rotatable bonds is 4. The summed E-state index contributed by atoms with van der Waals surface area (Å²) in [7, 11) is 2.01. The van der Waals surface area contributed by atoms with Crippen LogP contribution in [0, 0.1) is 0 Å². The summed E-state index contributed by atoms with van der Waals surface area (Å²) >= 11 is 0. The van der Waals surface area contributed by atoms with Gasteiger partial charge in [-0.25, -0.2) is 4.98 Å². The summed E-state index contributed by atoms with van der Waals surface area (Å²) in [5.74, 6) is 0.907. The molecule has 0 fully saturated rings. The van der Waals surface area contributed by atoms with Gasteiger partial charge in [-0.2, -0.15) is 0 Å². The molecule has 0 saturated carbocycles. The standard InChI is InChI=1S/C18H20N2O/c1-3-18(21,14-9-5-4-6-10-14)13-17-19-15-11-7-8-12-16(15)20(17)2/h4-12,21H,3,13H2,1-2H3. The van der Waals surface area contributed by atoms with Crippen molar-refractivity contribution < 1.29 is 5.11 Å². The maximum atomic E-state index is 11.0. The van der Waals surface area contributed by atoms with E-state index in [0.717, 1.165) is 22.4 Å². The predicted molar refractivity (Wildman–Crippen MR) is 85.0 cm³/mol. The molecule has 21 heavy (non-hydrogen) atoms. The monoisotopic (exact) mass is 280 g/mol. The molecule has 1 unspecified atom stereocenters. The maximum absolute atomic E-state index is 11.0. The first-order chi connectivity index (χ1) is 10.1. The zero-order valence-electron chi connectivity index (χ0n) is 12.5. The molecule has 1 atom stereocenters. The van der Waals surface area contributed by atoms with Gasteiger partial charge in [0.05, 0.1) is 16.6 Å². The summed E-state index contributed by atoms with van der Waals surface area (Å²) in [6.07, 6.45) is 1.17. The van der Waals surface area contributed by atoms with Crippen LogP contribution < -0.4 is 0 Å². The van der Waals surface area contributed by atoms with E-state index in [1.807, 2.05) is 62.5 Å². The van der Waals surface area contributed by atoms with Crippen LogP contribution in [0.4, 0.5) is 0 Å². The highest BCUT2D eigenvalue weighted by atomic mass is 16.3. The van der Waals surface area contributed by atoms with E-state index in [1.54, 1.807) is 0 Å². The molecule has 3 rings (SSSR count). The van der Waals surface area contributed by atoms with E-state index < -0.39 is 5.60 Å². The molecule has 0 aliphatic rings. The summed E-state index contributed by atoms with van der Waals surface area (Å²) in [6.45, 7) is 2.01. The van der Waals surface area contributed by atoms with Gasteiger partial charge in [-0.15, -0.1) is 0 Å². The minimum absolute atomic E-state index is 0.513. The molecule has 2 aromatic carbocycles. The van der Waals surface area contributed by atoms with Gasteiger partial charge in [0.2, 0.25) is 0 Å².